The highest BCUT2D eigenvalue weighted by molar-refractivity contribution is 5.48. The van der Waals surface area contributed by atoms with Gasteiger partial charge in [-0.15, -0.1) is 0 Å². The molecule has 108 valence electrons. The van der Waals surface area contributed by atoms with Crippen molar-refractivity contribution in [3.05, 3.63) is 30.8 Å². The van der Waals surface area contributed by atoms with Crippen LogP contribution in [-0.4, -0.2) is 42.1 Å². The number of likely N-dealkylation sites (N-methyl/N-ethyl adjacent to an activating group) is 1. The summed E-state index contributed by atoms with van der Waals surface area (Å²) in [7, 11) is 2.27. The Morgan fingerprint density at radius 3 is 2.95 bits per heavy atom. The van der Waals surface area contributed by atoms with Gasteiger partial charge in [0.05, 0.1) is 24.3 Å². The van der Waals surface area contributed by atoms with Crippen molar-refractivity contribution in [1.82, 2.24) is 9.88 Å². The maximum atomic E-state index is 5.52. The molecule has 3 rings (SSSR count). The largest absolute Gasteiger partial charge is 0.464 e. The van der Waals surface area contributed by atoms with E-state index in [0.717, 1.165) is 24.9 Å². The van der Waals surface area contributed by atoms with Gasteiger partial charge in [-0.2, -0.15) is 0 Å². The molecule has 2 bridgehead atoms. The fourth-order valence-electron chi connectivity index (χ4n) is 3.33. The van der Waals surface area contributed by atoms with Crippen LogP contribution >= 0.6 is 0 Å². The molecule has 0 aromatic carbocycles. The van der Waals surface area contributed by atoms with Crippen LogP contribution in [0.25, 0.3) is 0 Å². The van der Waals surface area contributed by atoms with Gasteiger partial charge < -0.3 is 9.64 Å². The molecule has 3 heterocycles. The van der Waals surface area contributed by atoms with Gasteiger partial charge in [0.2, 0.25) is 0 Å². The number of aromatic nitrogens is 1. The van der Waals surface area contributed by atoms with Crippen LogP contribution in [-0.2, 0) is 0 Å². The lowest BCUT2D eigenvalue weighted by Crippen LogP contribution is -2.36. The quantitative estimate of drug-likeness (QED) is 0.792. The summed E-state index contributed by atoms with van der Waals surface area (Å²) in [5.74, 6) is 0.809. The van der Waals surface area contributed by atoms with Crippen molar-refractivity contribution in [1.29, 1.82) is 0 Å². The molecule has 2 fully saturated rings. The first-order chi connectivity index (χ1) is 9.78. The number of pyridine rings is 1. The first-order valence-electron chi connectivity index (χ1n) is 7.47. The maximum Gasteiger partial charge on any atom is 0.146 e. The van der Waals surface area contributed by atoms with E-state index in [-0.39, 0.29) is 0 Å². The van der Waals surface area contributed by atoms with Crippen molar-refractivity contribution in [3.63, 3.8) is 0 Å². The molecule has 4 heteroatoms. The molecule has 20 heavy (non-hydrogen) atoms. The van der Waals surface area contributed by atoms with Gasteiger partial charge in [-0.3, -0.25) is 9.88 Å². The number of nitrogens with zero attached hydrogens (tertiary/aromatic N) is 3. The Hall–Kier alpha value is -1.55. The molecule has 2 unspecified atom stereocenters. The number of rotatable bonds is 3. The topological polar surface area (TPSA) is 28.6 Å². The van der Waals surface area contributed by atoms with Crippen molar-refractivity contribution < 1.29 is 4.74 Å². The molecular formula is C16H23N3O. The summed E-state index contributed by atoms with van der Waals surface area (Å²) in [5.41, 5.74) is 1.17. The number of anilines is 1. The predicted molar refractivity (Wildman–Crippen MR) is 81.1 cm³/mol. The molecule has 0 amide bonds. The number of ether oxygens (including phenoxy) is 1. The van der Waals surface area contributed by atoms with Crippen molar-refractivity contribution in [2.75, 3.05) is 25.0 Å². The summed E-state index contributed by atoms with van der Waals surface area (Å²) in [5, 5.41) is 0. The zero-order valence-electron chi connectivity index (χ0n) is 12.3. The van der Waals surface area contributed by atoms with Gasteiger partial charge in [0.15, 0.2) is 0 Å². The molecule has 2 atom stereocenters. The highest BCUT2D eigenvalue weighted by atomic mass is 16.5. The summed E-state index contributed by atoms with van der Waals surface area (Å²) < 4.78 is 5.52. The SMILES string of the molecule is CC=COc1cncc(N2CCC3CCC(C2)N3C)c1. The van der Waals surface area contributed by atoms with Crippen molar-refractivity contribution in [2.24, 2.45) is 0 Å². The van der Waals surface area contributed by atoms with Gasteiger partial charge in [0, 0.05) is 31.2 Å². The fraction of sp³-hybridized carbons (Fsp3) is 0.562. The first kappa shape index (κ1) is 13.4. The van der Waals surface area contributed by atoms with Crippen molar-refractivity contribution >= 4 is 5.69 Å². The van der Waals surface area contributed by atoms with Crippen LogP contribution in [0.3, 0.4) is 0 Å². The minimum Gasteiger partial charge on any atom is -0.464 e. The maximum absolute atomic E-state index is 5.52. The van der Waals surface area contributed by atoms with E-state index in [9.17, 15) is 0 Å². The highest BCUT2D eigenvalue weighted by Crippen LogP contribution is 2.31. The summed E-state index contributed by atoms with van der Waals surface area (Å²) in [6.07, 6.45) is 11.2. The second kappa shape index (κ2) is 5.83. The summed E-state index contributed by atoms with van der Waals surface area (Å²) in [6, 6.07) is 3.54. The zero-order valence-corrected chi connectivity index (χ0v) is 12.3. The van der Waals surface area contributed by atoms with E-state index in [4.69, 9.17) is 4.74 Å². The highest BCUT2D eigenvalue weighted by Gasteiger charge is 2.34. The number of fused-ring (bicyclic) bond motifs is 2. The van der Waals surface area contributed by atoms with Gasteiger partial charge >= 0.3 is 0 Å². The summed E-state index contributed by atoms with van der Waals surface area (Å²) in [6.45, 7) is 4.15. The van der Waals surface area contributed by atoms with E-state index in [1.165, 1.54) is 24.9 Å². The molecule has 2 aliphatic rings. The van der Waals surface area contributed by atoms with E-state index in [1.54, 1.807) is 12.5 Å². The summed E-state index contributed by atoms with van der Waals surface area (Å²) in [4.78, 5) is 9.33. The lowest BCUT2D eigenvalue weighted by molar-refractivity contribution is 0.254. The lowest BCUT2D eigenvalue weighted by atomic mass is 10.1. The first-order valence-corrected chi connectivity index (χ1v) is 7.47. The third-order valence-electron chi connectivity index (χ3n) is 4.55. The number of allylic oxidation sites excluding steroid dienone is 1. The number of hydrogen-bond acceptors (Lipinski definition) is 4. The van der Waals surface area contributed by atoms with Crippen LogP contribution in [0.4, 0.5) is 5.69 Å². The molecule has 0 saturated carbocycles. The molecule has 0 spiro atoms. The van der Waals surface area contributed by atoms with Crippen LogP contribution in [0.2, 0.25) is 0 Å². The lowest BCUT2D eigenvalue weighted by Gasteiger charge is -2.27. The van der Waals surface area contributed by atoms with Crippen LogP contribution in [0.5, 0.6) is 5.75 Å². The molecule has 4 nitrogen and oxygen atoms in total. The average molecular weight is 273 g/mol. The Morgan fingerprint density at radius 1 is 1.25 bits per heavy atom. The molecule has 0 radical (unpaired) electrons. The van der Waals surface area contributed by atoms with Gasteiger partial charge in [-0.25, -0.2) is 0 Å². The minimum atomic E-state index is 0.683. The normalized spacial score (nSPS) is 27.0. The fourth-order valence-corrected chi connectivity index (χ4v) is 3.33. The van der Waals surface area contributed by atoms with Crippen LogP contribution in [0.15, 0.2) is 30.8 Å². The van der Waals surface area contributed by atoms with Crippen LogP contribution in [0.1, 0.15) is 26.2 Å². The van der Waals surface area contributed by atoms with E-state index >= 15 is 0 Å². The van der Waals surface area contributed by atoms with Gasteiger partial charge in [-0.05, 0) is 33.2 Å². The van der Waals surface area contributed by atoms with E-state index in [0.29, 0.717) is 6.04 Å². The second-order valence-corrected chi connectivity index (χ2v) is 5.75. The van der Waals surface area contributed by atoms with Crippen LogP contribution in [0, 0.1) is 0 Å². The Kier molecular flexibility index (Phi) is 3.92. The average Bonchev–Trinajstić information content (AvgIpc) is 2.70. The third kappa shape index (κ3) is 2.66. The second-order valence-electron chi connectivity index (χ2n) is 5.75. The predicted octanol–water partition coefficient (Wildman–Crippen LogP) is 2.67. The monoisotopic (exact) mass is 273 g/mol. The Labute approximate surface area is 121 Å². The molecular weight excluding hydrogens is 250 g/mol. The Morgan fingerprint density at radius 2 is 2.10 bits per heavy atom. The molecule has 2 aliphatic heterocycles. The molecule has 0 aliphatic carbocycles. The molecule has 1 aromatic heterocycles. The minimum absolute atomic E-state index is 0.683. The standard InChI is InChI=1S/C16H23N3O/c1-3-8-20-16-9-15(10-17-11-16)19-7-6-13-4-5-14(12-19)18(13)2/h3,8-11,13-14H,4-7,12H2,1-2H3. The summed E-state index contributed by atoms with van der Waals surface area (Å²) >= 11 is 0. The Bertz CT molecular complexity index is 488. The van der Waals surface area contributed by atoms with Gasteiger partial charge in [0.1, 0.15) is 5.75 Å². The molecule has 0 N–H and O–H groups in total. The van der Waals surface area contributed by atoms with Crippen molar-refractivity contribution in [3.8, 4) is 5.75 Å². The number of hydrogen-bond donors (Lipinski definition) is 0. The zero-order chi connectivity index (χ0) is 13.9. The van der Waals surface area contributed by atoms with Crippen molar-refractivity contribution in [2.45, 2.75) is 38.3 Å². The smallest absolute Gasteiger partial charge is 0.146 e. The van der Waals surface area contributed by atoms with E-state index in [2.05, 4.69) is 27.9 Å². The van der Waals surface area contributed by atoms with E-state index < -0.39 is 0 Å². The van der Waals surface area contributed by atoms with Crippen LogP contribution < -0.4 is 9.64 Å². The Balaban J connectivity index is 1.75. The van der Waals surface area contributed by atoms with E-state index in [1.807, 2.05) is 19.2 Å². The molecule has 1 aromatic rings. The third-order valence-corrected chi connectivity index (χ3v) is 4.55. The van der Waals surface area contributed by atoms with Gasteiger partial charge in [-0.1, -0.05) is 6.08 Å². The molecule has 2 saturated heterocycles. The van der Waals surface area contributed by atoms with Gasteiger partial charge in [0.25, 0.3) is 0 Å².